The zero-order valence-electron chi connectivity index (χ0n) is 9.55. The molecule has 0 spiro atoms. The van der Waals surface area contributed by atoms with E-state index in [1.54, 1.807) is 0 Å². The van der Waals surface area contributed by atoms with Gasteiger partial charge in [0.05, 0.1) is 0 Å². The molecule has 2 aliphatic rings. The van der Waals surface area contributed by atoms with E-state index in [1.165, 1.54) is 38.6 Å². The molecule has 0 heterocycles. The number of rotatable bonds is 4. The quantitative estimate of drug-likeness (QED) is 0.676. The van der Waals surface area contributed by atoms with Gasteiger partial charge in [0.1, 0.15) is 0 Å². The molecule has 1 unspecified atom stereocenters. The van der Waals surface area contributed by atoms with Crippen molar-refractivity contribution in [3.8, 4) is 0 Å². The van der Waals surface area contributed by atoms with Crippen LogP contribution >= 0.6 is 0 Å². The minimum atomic E-state index is 0.390. The van der Waals surface area contributed by atoms with Gasteiger partial charge in [0.25, 0.3) is 0 Å². The minimum Gasteiger partial charge on any atom is -0.311 e. The average molecular weight is 193 g/mol. The summed E-state index contributed by atoms with van der Waals surface area (Å²) < 4.78 is 0. The van der Waals surface area contributed by atoms with Crippen LogP contribution in [0.1, 0.15) is 46.0 Å². The monoisotopic (exact) mass is 193 g/mol. The average Bonchev–Trinajstić information content (AvgIpc) is 3.00. The standard InChI is InChI=1S/C13H23N/c1-13(2,12-8-9-12)14-10-11-6-4-3-5-7-11/h3-4,11-12,14H,5-10H2,1-2H3. The zero-order chi connectivity index (χ0) is 10.0. The van der Waals surface area contributed by atoms with E-state index in [1.807, 2.05) is 0 Å². The number of nitrogens with one attached hydrogen (secondary N) is 1. The Hall–Kier alpha value is -0.300. The van der Waals surface area contributed by atoms with Gasteiger partial charge in [-0.05, 0) is 64.3 Å². The Kier molecular flexibility index (Phi) is 2.96. The summed E-state index contributed by atoms with van der Waals surface area (Å²) in [6, 6.07) is 0. The lowest BCUT2D eigenvalue weighted by Gasteiger charge is -2.29. The van der Waals surface area contributed by atoms with E-state index in [0.717, 1.165) is 11.8 Å². The molecule has 0 aromatic heterocycles. The van der Waals surface area contributed by atoms with Crippen LogP contribution < -0.4 is 5.32 Å². The van der Waals surface area contributed by atoms with Crippen molar-refractivity contribution in [3.63, 3.8) is 0 Å². The molecule has 0 saturated heterocycles. The fourth-order valence-corrected chi connectivity index (χ4v) is 2.40. The van der Waals surface area contributed by atoms with Crippen molar-refractivity contribution in [2.45, 2.75) is 51.5 Å². The molecule has 1 saturated carbocycles. The van der Waals surface area contributed by atoms with Crippen LogP contribution in [0.15, 0.2) is 12.2 Å². The second-order valence-electron chi connectivity index (χ2n) is 5.53. The van der Waals surface area contributed by atoms with Crippen molar-refractivity contribution < 1.29 is 0 Å². The van der Waals surface area contributed by atoms with Gasteiger partial charge in [-0.3, -0.25) is 0 Å². The molecule has 80 valence electrons. The molecule has 0 aliphatic heterocycles. The fourth-order valence-electron chi connectivity index (χ4n) is 2.40. The first-order chi connectivity index (χ1) is 6.68. The van der Waals surface area contributed by atoms with Gasteiger partial charge in [0.15, 0.2) is 0 Å². The molecule has 14 heavy (non-hydrogen) atoms. The van der Waals surface area contributed by atoms with Crippen LogP contribution in [0.2, 0.25) is 0 Å². The Morgan fingerprint density at radius 3 is 2.57 bits per heavy atom. The van der Waals surface area contributed by atoms with Crippen molar-refractivity contribution in [1.82, 2.24) is 5.32 Å². The number of hydrogen-bond acceptors (Lipinski definition) is 1. The lowest BCUT2D eigenvalue weighted by molar-refractivity contribution is 0.303. The highest BCUT2D eigenvalue weighted by atomic mass is 15.0. The summed E-state index contributed by atoms with van der Waals surface area (Å²) in [6.07, 6.45) is 11.5. The van der Waals surface area contributed by atoms with Gasteiger partial charge in [0.2, 0.25) is 0 Å². The van der Waals surface area contributed by atoms with Gasteiger partial charge >= 0.3 is 0 Å². The van der Waals surface area contributed by atoms with E-state index in [2.05, 4.69) is 31.3 Å². The van der Waals surface area contributed by atoms with Crippen LogP contribution in [0.4, 0.5) is 0 Å². The molecule has 2 rings (SSSR count). The smallest absolute Gasteiger partial charge is 0.0153 e. The summed E-state index contributed by atoms with van der Waals surface area (Å²) >= 11 is 0. The van der Waals surface area contributed by atoms with Gasteiger partial charge in [-0.25, -0.2) is 0 Å². The molecule has 0 bridgehead atoms. The Labute approximate surface area is 88.0 Å². The van der Waals surface area contributed by atoms with Gasteiger partial charge in [0, 0.05) is 5.54 Å². The van der Waals surface area contributed by atoms with E-state index in [0.29, 0.717) is 5.54 Å². The summed E-state index contributed by atoms with van der Waals surface area (Å²) in [5.74, 6) is 1.83. The SMILES string of the molecule is CC(C)(NCC1CC=CCC1)C1CC1. The fraction of sp³-hybridized carbons (Fsp3) is 0.846. The van der Waals surface area contributed by atoms with Crippen molar-refractivity contribution in [1.29, 1.82) is 0 Å². The Balaban J connectivity index is 1.72. The first kappa shape index (κ1) is 10.2. The summed E-state index contributed by atoms with van der Waals surface area (Å²) in [5, 5.41) is 3.76. The van der Waals surface area contributed by atoms with E-state index in [9.17, 15) is 0 Å². The van der Waals surface area contributed by atoms with E-state index < -0.39 is 0 Å². The van der Waals surface area contributed by atoms with Crippen LogP contribution in [0.5, 0.6) is 0 Å². The zero-order valence-corrected chi connectivity index (χ0v) is 9.55. The third-order valence-electron chi connectivity index (χ3n) is 3.82. The van der Waals surface area contributed by atoms with Crippen LogP contribution in [0, 0.1) is 11.8 Å². The number of hydrogen-bond donors (Lipinski definition) is 1. The van der Waals surface area contributed by atoms with Gasteiger partial charge in [-0.15, -0.1) is 0 Å². The Morgan fingerprint density at radius 2 is 2.00 bits per heavy atom. The van der Waals surface area contributed by atoms with Crippen molar-refractivity contribution in [2.24, 2.45) is 11.8 Å². The molecule has 1 N–H and O–H groups in total. The molecular weight excluding hydrogens is 170 g/mol. The molecule has 0 radical (unpaired) electrons. The highest BCUT2D eigenvalue weighted by molar-refractivity contribution is 4.96. The van der Waals surface area contributed by atoms with Crippen LogP contribution in [-0.4, -0.2) is 12.1 Å². The van der Waals surface area contributed by atoms with Crippen molar-refractivity contribution in [2.75, 3.05) is 6.54 Å². The third-order valence-corrected chi connectivity index (χ3v) is 3.82. The third kappa shape index (κ3) is 2.60. The second kappa shape index (κ2) is 4.06. The van der Waals surface area contributed by atoms with Crippen molar-refractivity contribution >= 4 is 0 Å². The van der Waals surface area contributed by atoms with Crippen LogP contribution in [0.25, 0.3) is 0 Å². The molecule has 1 heteroatoms. The van der Waals surface area contributed by atoms with E-state index in [4.69, 9.17) is 0 Å². The van der Waals surface area contributed by atoms with Crippen LogP contribution in [-0.2, 0) is 0 Å². The second-order valence-corrected chi connectivity index (χ2v) is 5.53. The Morgan fingerprint density at radius 1 is 1.21 bits per heavy atom. The predicted molar refractivity (Wildman–Crippen MR) is 61.3 cm³/mol. The summed E-state index contributed by atoms with van der Waals surface area (Å²) in [6.45, 7) is 5.94. The van der Waals surface area contributed by atoms with Crippen molar-refractivity contribution in [3.05, 3.63) is 12.2 Å². The van der Waals surface area contributed by atoms with Gasteiger partial charge < -0.3 is 5.32 Å². The molecular formula is C13H23N. The van der Waals surface area contributed by atoms with E-state index >= 15 is 0 Å². The van der Waals surface area contributed by atoms with Crippen LogP contribution in [0.3, 0.4) is 0 Å². The number of allylic oxidation sites excluding steroid dienone is 2. The van der Waals surface area contributed by atoms with Gasteiger partial charge in [-0.1, -0.05) is 12.2 Å². The minimum absolute atomic E-state index is 0.390. The summed E-state index contributed by atoms with van der Waals surface area (Å²) in [7, 11) is 0. The lowest BCUT2D eigenvalue weighted by atomic mass is 9.92. The highest BCUT2D eigenvalue weighted by Crippen LogP contribution is 2.39. The van der Waals surface area contributed by atoms with E-state index in [-0.39, 0.29) is 0 Å². The topological polar surface area (TPSA) is 12.0 Å². The predicted octanol–water partition coefficient (Wildman–Crippen LogP) is 3.12. The maximum atomic E-state index is 3.76. The first-order valence-electron chi connectivity index (χ1n) is 6.08. The maximum Gasteiger partial charge on any atom is 0.0153 e. The molecule has 1 fully saturated rings. The molecule has 1 atom stereocenters. The summed E-state index contributed by atoms with van der Waals surface area (Å²) in [4.78, 5) is 0. The molecule has 2 aliphatic carbocycles. The van der Waals surface area contributed by atoms with Gasteiger partial charge in [-0.2, -0.15) is 0 Å². The maximum absolute atomic E-state index is 3.76. The lowest BCUT2D eigenvalue weighted by Crippen LogP contribution is -2.43. The normalized spacial score (nSPS) is 28.0. The molecule has 0 aromatic rings. The Bertz CT molecular complexity index is 213. The molecule has 0 amide bonds. The molecule has 1 nitrogen and oxygen atoms in total. The largest absolute Gasteiger partial charge is 0.311 e. The summed E-state index contributed by atoms with van der Waals surface area (Å²) in [5.41, 5.74) is 0.390. The highest BCUT2D eigenvalue weighted by Gasteiger charge is 2.37. The molecule has 0 aromatic carbocycles. The first-order valence-corrected chi connectivity index (χ1v) is 6.08.